The van der Waals surface area contributed by atoms with Crippen LogP contribution in [0.5, 0.6) is 5.75 Å². The van der Waals surface area contributed by atoms with Crippen LogP contribution in [-0.4, -0.2) is 49.2 Å². The molecule has 1 aliphatic carbocycles. The Morgan fingerprint density at radius 3 is 2.52 bits per heavy atom. The number of hydrogen-bond donors (Lipinski definition) is 1. The lowest BCUT2D eigenvalue weighted by atomic mass is 9.70. The first kappa shape index (κ1) is 22.7. The van der Waals surface area contributed by atoms with Gasteiger partial charge in [0, 0.05) is 18.5 Å². The van der Waals surface area contributed by atoms with Crippen molar-refractivity contribution in [3.05, 3.63) is 65.4 Å². The molecule has 3 aromatic rings. The highest BCUT2D eigenvalue weighted by molar-refractivity contribution is 5.90. The molecule has 0 spiro atoms. The van der Waals surface area contributed by atoms with Gasteiger partial charge in [-0.3, -0.25) is 4.79 Å². The number of rotatable bonds is 5. The second kappa shape index (κ2) is 8.80. The number of amides is 1. The van der Waals surface area contributed by atoms with Crippen molar-refractivity contribution in [2.45, 2.75) is 44.9 Å². The molecule has 33 heavy (non-hydrogen) atoms. The van der Waals surface area contributed by atoms with Crippen LogP contribution in [0.2, 0.25) is 0 Å². The van der Waals surface area contributed by atoms with Crippen molar-refractivity contribution in [1.82, 2.24) is 25.1 Å². The zero-order valence-electron chi connectivity index (χ0n) is 18.7. The smallest absolute Gasteiger partial charge is 0.291 e. The quantitative estimate of drug-likeness (QED) is 0.622. The number of hydrogen-bond acceptors (Lipinski definition) is 6. The molecule has 9 heteroatoms. The Labute approximate surface area is 190 Å². The van der Waals surface area contributed by atoms with E-state index in [1.165, 1.54) is 30.6 Å². The molecule has 2 atom stereocenters. The van der Waals surface area contributed by atoms with E-state index in [1.807, 2.05) is 13.8 Å². The molecule has 0 bridgehead atoms. The zero-order chi connectivity index (χ0) is 23.8. The van der Waals surface area contributed by atoms with Gasteiger partial charge in [-0.25, -0.2) is 18.7 Å². The topological polar surface area (TPSA) is 92.1 Å². The highest BCUT2D eigenvalue weighted by Crippen LogP contribution is 2.43. The number of aromatic nitrogens is 4. The first-order chi connectivity index (χ1) is 15.7. The van der Waals surface area contributed by atoms with E-state index < -0.39 is 17.0 Å². The highest BCUT2D eigenvalue weighted by atomic mass is 19.1. The molecular formula is C24H25F2N5O2. The molecule has 1 aliphatic rings. The number of aromatic hydroxyl groups is 1. The number of nitrogens with zero attached hydrogens (tertiary/aromatic N) is 5. The van der Waals surface area contributed by atoms with Crippen molar-refractivity contribution in [1.29, 1.82) is 0 Å². The first-order valence-electron chi connectivity index (χ1n) is 10.9. The van der Waals surface area contributed by atoms with E-state index in [9.17, 15) is 18.7 Å². The Morgan fingerprint density at radius 1 is 1.21 bits per heavy atom. The predicted molar refractivity (Wildman–Crippen MR) is 118 cm³/mol. The summed E-state index contributed by atoms with van der Waals surface area (Å²) < 4.78 is 28.7. The van der Waals surface area contributed by atoms with Gasteiger partial charge < -0.3 is 10.0 Å². The van der Waals surface area contributed by atoms with Gasteiger partial charge in [-0.2, -0.15) is 10.2 Å². The van der Waals surface area contributed by atoms with Crippen molar-refractivity contribution >= 4 is 5.91 Å². The first-order valence-corrected chi connectivity index (χ1v) is 10.9. The number of fused-ring (bicyclic) bond motifs is 1. The summed E-state index contributed by atoms with van der Waals surface area (Å²) in [6.45, 7) is 6.71. The lowest BCUT2D eigenvalue weighted by Gasteiger charge is -2.40. The summed E-state index contributed by atoms with van der Waals surface area (Å²) in [6, 6.07) is 5.42. The molecule has 0 saturated carbocycles. The summed E-state index contributed by atoms with van der Waals surface area (Å²) >= 11 is 0. The third-order valence-electron chi connectivity index (χ3n) is 6.31. The lowest BCUT2D eigenvalue weighted by Crippen LogP contribution is -2.45. The van der Waals surface area contributed by atoms with Gasteiger partial charge >= 0.3 is 0 Å². The van der Waals surface area contributed by atoms with Crippen LogP contribution in [-0.2, 0) is 5.41 Å². The summed E-state index contributed by atoms with van der Waals surface area (Å²) in [5, 5.41) is 18.0. The third kappa shape index (κ3) is 4.27. The molecule has 1 N–H and O–H groups in total. The standard InChI is InChI=1S/C24H25F2N5O2/c1-4-31(23(33)22-27-11-15(32)12-28-22)13-24(3)9-8-14(2)16-10-19(29-30-21(16)24)20-17(25)6-5-7-18(20)26/h5-7,10-12,14,32H,4,8-9,13H2,1-3H3/t14-,24+/m0/s1. The Morgan fingerprint density at radius 2 is 1.88 bits per heavy atom. The van der Waals surface area contributed by atoms with E-state index in [4.69, 9.17) is 0 Å². The molecular weight excluding hydrogens is 428 g/mol. The van der Waals surface area contributed by atoms with Gasteiger partial charge in [0.1, 0.15) is 11.6 Å². The molecule has 0 fully saturated rings. The van der Waals surface area contributed by atoms with E-state index >= 15 is 0 Å². The molecule has 172 valence electrons. The number of benzene rings is 1. The fraction of sp³-hybridized carbons (Fsp3) is 0.375. The fourth-order valence-corrected chi connectivity index (χ4v) is 4.40. The zero-order valence-corrected chi connectivity index (χ0v) is 18.7. The summed E-state index contributed by atoms with van der Waals surface area (Å²) in [4.78, 5) is 22.5. The second-order valence-corrected chi connectivity index (χ2v) is 8.71. The minimum atomic E-state index is -0.688. The van der Waals surface area contributed by atoms with Crippen LogP contribution in [0.1, 0.15) is 61.4 Å². The van der Waals surface area contributed by atoms with E-state index in [1.54, 1.807) is 11.0 Å². The molecule has 2 heterocycles. The van der Waals surface area contributed by atoms with Crippen LogP contribution < -0.4 is 0 Å². The summed E-state index contributed by atoms with van der Waals surface area (Å²) in [6.07, 6.45) is 3.96. The van der Waals surface area contributed by atoms with E-state index in [0.717, 1.165) is 24.1 Å². The monoisotopic (exact) mass is 453 g/mol. The Hall–Kier alpha value is -3.49. The number of carbonyl (C=O) groups excluding carboxylic acids is 1. The van der Waals surface area contributed by atoms with Crippen molar-refractivity contribution < 1.29 is 18.7 Å². The normalized spacial score (nSPS) is 19.7. The van der Waals surface area contributed by atoms with Gasteiger partial charge in [-0.05, 0) is 49.4 Å². The Kier molecular flexibility index (Phi) is 6.05. The molecule has 1 amide bonds. The second-order valence-electron chi connectivity index (χ2n) is 8.71. The Balaban J connectivity index is 1.69. The van der Waals surface area contributed by atoms with Crippen LogP contribution in [0.3, 0.4) is 0 Å². The van der Waals surface area contributed by atoms with Gasteiger partial charge in [-0.15, -0.1) is 0 Å². The number of carbonyl (C=O) groups is 1. The SMILES string of the molecule is CCN(C[C@@]1(C)CC[C@H](C)c2cc(-c3c(F)cccc3F)nnc21)C(=O)c1ncc(O)cn1. The van der Waals surface area contributed by atoms with Gasteiger partial charge in [0.15, 0.2) is 5.75 Å². The fourth-order valence-electron chi connectivity index (χ4n) is 4.40. The van der Waals surface area contributed by atoms with Crippen molar-refractivity contribution in [3.63, 3.8) is 0 Å². The summed E-state index contributed by atoms with van der Waals surface area (Å²) in [7, 11) is 0. The molecule has 0 unspecified atom stereocenters. The third-order valence-corrected chi connectivity index (χ3v) is 6.31. The van der Waals surface area contributed by atoms with E-state index in [-0.39, 0.29) is 34.7 Å². The largest absolute Gasteiger partial charge is 0.505 e. The minimum absolute atomic E-state index is 0.000823. The molecule has 7 nitrogen and oxygen atoms in total. The van der Waals surface area contributed by atoms with Crippen LogP contribution in [0.15, 0.2) is 36.7 Å². The predicted octanol–water partition coefficient (Wildman–Crippen LogP) is 4.23. The van der Waals surface area contributed by atoms with Crippen molar-refractivity contribution in [3.8, 4) is 17.0 Å². The molecule has 2 aromatic heterocycles. The molecule has 0 radical (unpaired) electrons. The number of halogens is 2. The Bertz CT molecular complexity index is 1170. The van der Waals surface area contributed by atoms with Gasteiger partial charge in [0.25, 0.3) is 5.91 Å². The maximum Gasteiger partial charge on any atom is 0.291 e. The van der Waals surface area contributed by atoms with Crippen LogP contribution >= 0.6 is 0 Å². The highest BCUT2D eigenvalue weighted by Gasteiger charge is 2.39. The molecule has 0 saturated heterocycles. The summed E-state index contributed by atoms with van der Waals surface area (Å²) in [5.41, 5.74) is 1.05. The lowest BCUT2D eigenvalue weighted by molar-refractivity contribution is 0.0702. The van der Waals surface area contributed by atoms with Gasteiger partial charge in [0.2, 0.25) is 5.82 Å². The van der Waals surface area contributed by atoms with Crippen LogP contribution in [0.25, 0.3) is 11.3 Å². The van der Waals surface area contributed by atoms with Crippen LogP contribution in [0.4, 0.5) is 8.78 Å². The molecule has 0 aliphatic heterocycles. The average Bonchev–Trinajstić information content (AvgIpc) is 2.80. The maximum absolute atomic E-state index is 14.3. The number of likely N-dealkylation sites (N-methyl/N-ethyl adjacent to an activating group) is 1. The van der Waals surface area contributed by atoms with Crippen LogP contribution in [0, 0.1) is 11.6 Å². The minimum Gasteiger partial charge on any atom is -0.505 e. The maximum atomic E-state index is 14.3. The summed E-state index contributed by atoms with van der Waals surface area (Å²) in [5.74, 6) is -1.72. The van der Waals surface area contributed by atoms with Gasteiger partial charge in [0.05, 0.1) is 29.3 Å². The molecule has 4 rings (SSSR count). The molecule has 1 aromatic carbocycles. The van der Waals surface area contributed by atoms with E-state index in [0.29, 0.717) is 13.1 Å². The van der Waals surface area contributed by atoms with Gasteiger partial charge in [-0.1, -0.05) is 19.9 Å². The van der Waals surface area contributed by atoms with E-state index in [2.05, 4.69) is 27.1 Å². The van der Waals surface area contributed by atoms with Crippen molar-refractivity contribution in [2.75, 3.05) is 13.1 Å². The average molecular weight is 453 g/mol. The van der Waals surface area contributed by atoms with Crippen molar-refractivity contribution in [2.24, 2.45) is 0 Å².